The zero-order chi connectivity index (χ0) is 14.7. The predicted octanol–water partition coefficient (Wildman–Crippen LogP) is -1.58. The molecule has 0 amide bonds. The third-order valence-corrected chi connectivity index (χ3v) is 3.52. The Morgan fingerprint density at radius 3 is 2.55 bits per heavy atom. The van der Waals surface area contributed by atoms with Crippen LogP contribution < -0.4 is 21.9 Å². The second kappa shape index (κ2) is 6.19. The third kappa shape index (κ3) is 2.91. The Bertz CT molecular complexity index is 571. The highest BCUT2D eigenvalue weighted by Gasteiger charge is 2.23. The minimum Gasteiger partial charge on any atom is -0.377 e. The van der Waals surface area contributed by atoms with Crippen LogP contribution in [0.5, 0.6) is 0 Å². The van der Waals surface area contributed by atoms with Crippen LogP contribution >= 0.6 is 0 Å². The highest BCUT2D eigenvalue weighted by Crippen LogP contribution is 2.16. The molecular weight excluding hydrogens is 262 g/mol. The Kier molecular flexibility index (Phi) is 4.56. The summed E-state index contributed by atoms with van der Waals surface area (Å²) in [5.74, 6) is 0.326. The fraction of sp³-hybridized carbons (Fsp3) is 0.750. The molecule has 0 saturated carbocycles. The molecule has 2 N–H and O–H groups in total. The normalized spacial score (nSPS) is 16.6. The third-order valence-electron chi connectivity index (χ3n) is 3.52. The summed E-state index contributed by atoms with van der Waals surface area (Å²) in [5, 5.41) is 4.08. The number of nitrogens with zero attached hydrogens (tertiary/aromatic N) is 4. The van der Waals surface area contributed by atoms with E-state index >= 15 is 0 Å². The lowest BCUT2D eigenvalue weighted by Gasteiger charge is -2.32. The van der Waals surface area contributed by atoms with E-state index in [0.717, 1.165) is 17.4 Å². The van der Waals surface area contributed by atoms with E-state index in [-0.39, 0.29) is 11.7 Å². The summed E-state index contributed by atoms with van der Waals surface area (Å²) in [6.45, 7) is 2.46. The first-order chi connectivity index (χ1) is 9.54. The van der Waals surface area contributed by atoms with Crippen molar-refractivity contribution >= 4 is 5.82 Å². The van der Waals surface area contributed by atoms with E-state index in [0.29, 0.717) is 32.1 Å². The van der Waals surface area contributed by atoms with E-state index in [1.807, 2.05) is 4.90 Å². The lowest BCUT2D eigenvalue weighted by atomic mass is 10.1. The number of nitrogens with two attached hydrogens (primary N) is 1. The second-order valence-electron chi connectivity index (χ2n) is 4.94. The van der Waals surface area contributed by atoms with Gasteiger partial charge in [0.1, 0.15) is 0 Å². The van der Waals surface area contributed by atoms with Crippen molar-refractivity contribution in [3.05, 3.63) is 20.8 Å². The number of piperidine rings is 1. The van der Waals surface area contributed by atoms with Crippen LogP contribution in [0, 0.1) is 0 Å². The zero-order valence-electron chi connectivity index (χ0n) is 11.9. The Morgan fingerprint density at radius 1 is 1.30 bits per heavy atom. The van der Waals surface area contributed by atoms with Crippen molar-refractivity contribution in [2.75, 3.05) is 31.1 Å². The van der Waals surface area contributed by atoms with Gasteiger partial charge in [-0.1, -0.05) is 0 Å². The molecule has 8 heteroatoms. The van der Waals surface area contributed by atoms with Crippen molar-refractivity contribution in [1.82, 2.24) is 14.3 Å². The van der Waals surface area contributed by atoms with E-state index in [1.54, 1.807) is 7.05 Å². The molecule has 0 aromatic carbocycles. The molecule has 0 radical (unpaired) electrons. The molecule has 2 heterocycles. The minimum absolute atomic E-state index is 0.186. The lowest BCUT2D eigenvalue weighted by Crippen LogP contribution is -2.46. The van der Waals surface area contributed by atoms with Crippen molar-refractivity contribution < 1.29 is 4.74 Å². The molecule has 0 bridgehead atoms. The van der Waals surface area contributed by atoms with Gasteiger partial charge in [0.15, 0.2) is 0 Å². The number of anilines is 1. The smallest absolute Gasteiger partial charge is 0.346 e. The number of aromatic nitrogens is 3. The second-order valence-corrected chi connectivity index (χ2v) is 4.94. The first-order valence-electron chi connectivity index (χ1n) is 6.75. The van der Waals surface area contributed by atoms with Gasteiger partial charge in [0, 0.05) is 33.7 Å². The Morgan fingerprint density at radius 2 is 1.95 bits per heavy atom. The van der Waals surface area contributed by atoms with Gasteiger partial charge < -0.3 is 15.4 Å². The van der Waals surface area contributed by atoms with E-state index < -0.39 is 5.69 Å². The van der Waals surface area contributed by atoms with Gasteiger partial charge in [0.2, 0.25) is 5.82 Å². The molecule has 8 nitrogen and oxygen atoms in total. The largest absolute Gasteiger partial charge is 0.377 e. The molecule has 1 aromatic rings. The maximum atomic E-state index is 12.1. The molecule has 1 aliphatic rings. The Labute approximate surface area is 116 Å². The van der Waals surface area contributed by atoms with Crippen LogP contribution in [0.25, 0.3) is 0 Å². The van der Waals surface area contributed by atoms with E-state index in [2.05, 4.69) is 5.10 Å². The van der Waals surface area contributed by atoms with Gasteiger partial charge in [-0.15, -0.1) is 5.10 Å². The molecule has 1 fully saturated rings. The van der Waals surface area contributed by atoms with Crippen molar-refractivity contribution in [3.8, 4) is 0 Å². The fourth-order valence-corrected chi connectivity index (χ4v) is 2.35. The molecule has 1 saturated heterocycles. The van der Waals surface area contributed by atoms with Gasteiger partial charge >= 0.3 is 5.69 Å². The highest BCUT2D eigenvalue weighted by molar-refractivity contribution is 5.35. The minimum atomic E-state index is -0.417. The van der Waals surface area contributed by atoms with Gasteiger partial charge in [-0.3, -0.25) is 9.36 Å². The van der Waals surface area contributed by atoms with Crippen LogP contribution in [0.1, 0.15) is 12.8 Å². The summed E-state index contributed by atoms with van der Waals surface area (Å²) in [6.07, 6.45) is 1.84. The van der Waals surface area contributed by atoms with Gasteiger partial charge in [-0.05, 0) is 12.8 Å². The Balaban J connectivity index is 2.12. The summed E-state index contributed by atoms with van der Waals surface area (Å²) in [7, 11) is 3.01. The zero-order valence-corrected chi connectivity index (χ0v) is 11.9. The van der Waals surface area contributed by atoms with Crippen LogP contribution in [0.2, 0.25) is 0 Å². The van der Waals surface area contributed by atoms with Gasteiger partial charge in [0.05, 0.1) is 12.7 Å². The van der Waals surface area contributed by atoms with Gasteiger partial charge in [-0.2, -0.15) is 0 Å². The maximum Gasteiger partial charge on any atom is 0.346 e. The molecule has 2 rings (SSSR count). The predicted molar refractivity (Wildman–Crippen MR) is 75.0 cm³/mol. The average molecular weight is 283 g/mol. The SMILES string of the molecule is Cn1nc(N2CCC(OCCN)CC2)c(=O)n(C)c1=O. The molecule has 1 aromatic heterocycles. The number of ether oxygens (including phenoxy) is 1. The fourth-order valence-electron chi connectivity index (χ4n) is 2.35. The summed E-state index contributed by atoms with van der Waals surface area (Å²) < 4.78 is 7.87. The van der Waals surface area contributed by atoms with Crippen LogP contribution in [0.4, 0.5) is 5.82 Å². The Hall–Kier alpha value is -1.67. The van der Waals surface area contributed by atoms with E-state index in [4.69, 9.17) is 10.5 Å². The summed E-state index contributed by atoms with van der Waals surface area (Å²) in [4.78, 5) is 25.6. The molecule has 0 spiro atoms. The maximum absolute atomic E-state index is 12.1. The van der Waals surface area contributed by atoms with Crippen LogP contribution in [-0.4, -0.2) is 46.7 Å². The first-order valence-corrected chi connectivity index (χ1v) is 6.75. The highest BCUT2D eigenvalue weighted by atomic mass is 16.5. The number of rotatable bonds is 4. The summed E-state index contributed by atoms with van der Waals surface area (Å²) >= 11 is 0. The van der Waals surface area contributed by atoms with Crippen LogP contribution in [0.3, 0.4) is 0 Å². The van der Waals surface area contributed by atoms with Gasteiger partial charge in [-0.25, -0.2) is 9.48 Å². The lowest BCUT2D eigenvalue weighted by molar-refractivity contribution is 0.0420. The van der Waals surface area contributed by atoms with Crippen LogP contribution in [-0.2, 0) is 18.8 Å². The molecule has 112 valence electrons. The molecular formula is C12H21N5O3. The van der Waals surface area contributed by atoms with Crippen molar-refractivity contribution in [1.29, 1.82) is 0 Å². The quantitative estimate of drug-likeness (QED) is 0.717. The van der Waals surface area contributed by atoms with E-state index in [1.165, 1.54) is 11.7 Å². The molecule has 0 unspecified atom stereocenters. The standard InChI is InChI=1S/C12H21N5O3/c1-15-11(18)10(14-16(2)12(15)19)17-6-3-9(4-7-17)20-8-5-13/h9H,3-8,13H2,1-2H3. The topological polar surface area (TPSA) is 95.4 Å². The summed E-state index contributed by atoms with van der Waals surface area (Å²) in [5.41, 5.74) is 4.64. The first kappa shape index (κ1) is 14.7. The number of aryl methyl sites for hydroxylation is 1. The van der Waals surface area contributed by atoms with Crippen molar-refractivity contribution in [2.45, 2.75) is 18.9 Å². The van der Waals surface area contributed by atoms with Gasteiger partial charge in [0.25, 0.3) is 5.56 Å². The number of hydrogen-bond donors (Lipinski definition) is 1. The summed E-state index contributed by atoms with van der Waals surface area (Å²) in [6, 6.07) is 0. The van der Waals surface area contributed by atoms with Crippen molar-refractivity contribution in [2.24, 2.45) is 19.8 Å². The molecule has 20 heavy (non-hydrogen) atoms. The molecule has 0 aliphatic carbocycles. The monoisotopic (exact) mass is 283 g/mol. The average Bonchev–Trinajstić information content (AvgIpc) is 2.47. The van der Waals surface area contributed by atoms with Crippen LogP contribution in [0.15, 0.2) is 9.59 Å². The van der Waals surface area contributed by atoms with E-state index in [9.17, 15) is 9.59 Å². The van der Waals surface area contributed by atoms with Crippen molar-refractivity contribution in [3.63, 3.8) is 0 Å². The number of hydrogen-bond acceptors (Lipinski definition) is 6. The molecule has 1 aliphatic heterocycles. The molecule has 0 atom stereocenters.